The van der Waals surface area contributed by atoms with Crippen molar-refractivity contribution in [3.63, 3.8) is 0 Å². The smallest absolute Gasteiger partial charge is 0.229 e. The van der Waals surface area contributed by atoms with Crippen LogP contribution in [0.1, 0.15) is 45.9 Å². The summed E-state index contributed by atoms with van der Waals surface area (Å²) in [5.74, 6) is 0.365. The second kappa shape index (κ2) is 8.50. The lowest BCUT2D eigenvalue weighted by Crippen LogP contribution is -2.34. The number of amides is 1. The monoisotopic (exact) mass is 364 g/mol. The number of hydrogen-bond donors (Lipinski definition) is 2. The van der Waals surface area contributed by atoms with E-state index in [1.165, 1.54) is 0 Å². The Morgan fingerprint density at radius 1 is 1.24 bits per heavy atom. The van der Waals surface area contributed by atoms with Crippen molar-refractivity contribution in [2.45, 2.75) is 52.6 Å². The summed E-state index contributed by atoms with van der Waals surface area (Å²) in [6.45, 7) is 10.6. The Hall–Kier alpha value is -1.85. The molecule has 3 N–H and O–H groups in total. The molecule has 5 nitrogen and oxygen atoms in total. The van der Waals surface area contributed by atoms with Gasteiger partial charge in [0.1, 0.15) is 5.82 Å². The zero-order valence-corrected chi connectivity index (χ0v) is 16.4. The highest BCUT2D eigenvalue weighted by atomic mass is 35.5. The standard InChI is InChI=1S/C19H28N4O.ClH/c1-13(14(2)20)18(24)21-17-11-16(19(3,4)5)22-23(17)12-15-9-7-6-8-10-15;/h6-11,13-14H,12,20H2,1-5H3,(H,21,24);1H. The van der Waals surface area contributed by atoms with Gasteiger partial charge in [0.05, 0.1) is 18.2 Å². The van der Waals surface area contributed by atoms with Gasteiger partial charge in [-0.15, -0.1) is 12.4 Å². The van der Waals surface area contributed by atoms with Gasteiger partial charge < -0.3 is 11.1 Å². The minimum absolute atomic E-state index is 0. The van der Waals surface area contributed by atoms with Crippen molar-refractivity contribution in [3.8, 4) is 0 Å². The number of nitrogens with two attached hydrogens (primary N) is 1. The summed E-state index contributed by atoms with van der Waals surface area (Å²) in [4.78, 5) is 12.4. The molecule has 0 radical (unpaired) electrons. The molecule has 0 aliphatic rings. The first kappa shape index (κ1) is 21.2. The lowest BCUT2D eigenvalue weighted by Gasteiger charge is -2.16. The summed E-state index contributed by atoms with van der Waals surface area (Å²) < 4.78 is 1.85. The number of aromatic nitrogens is 2. The van der Waals surface area contributed by atoms with Crippen molar-refractivity contribution < 1.29 is 4.79 Å². The molecule has 1 aromatic heterocycles. The van der Waals surface area contributed by atoms with Gasteiger partial charge in [-0.25, -0.2) is 4.68 Å². The normalized spacial score (nSPS) is 13.7. The maximum Gasteiger partial charge on any atom is 0.229 e. The highest BCUT2D eigenvalue weighted by Gasteiger charge is 2.23. The lowest BCUT2D eigenvalue weighted by molar-refractivity contribution is -0.119. The van der Waals surface area contributed by atoms with E-state index in [-0.39, 0.29) is 35.7 Å². The van der Waals surface area contributed by atoms with Crippen LogP contribution in [-0.2, 0) is 16.8 Å². The average Bonchev–Trinajstić information content (AvgIpc) is 2.90. The van der Waals surface area contributed by atoms with Gasteiger partial charge in [0.2, 0.25) is 5.91 Å². The summed E-state index contributed by atoms with van der Waals surface area (Å²) in [6, 6.07) is 11.8. The Balaban J connectivity index is 0.00000312. The third-order valence-electron chi connectivity index (χ3n) is 4.18. The van der Waals surface area contributed by atoms with Gasteiger partial charge in [0.15, 0.2) is 0 Å². The third-order valence-corrected chi connectivity index (χ3v) is 4.18. The number of carbonyl (C=O) groups is 1. The highest BCUT2D eigenvalue weighted by molar-refractivity contribution is 5.92. The van der Waals surface area contributed by atoms with E-state index in [9.17, 15) is 4.79 Å². The topological polar surface area (TPSA) is 72.9 Å². The zero-order valence-electron chi connectivity index (χ0n) is 15.6. The van der Waals surface area contributed by atoms with Gasteiger partial charge >= 0.3 is 0 Å². The fraction of sp³-hybridized carbons (Fsp3) is 0.474. The molecule has 0 aliphatic heterocycles. The minimum atomic E-state index is -0.261. The van der Waals surface area contributed by atoms with E-state index in [0.717, 1.165) is 11.3 Å². The number of halogens is 1. The summed E-state index contributed by atoms with van der Waals surface area (Å²) >= 11 is 0. The van der Waals surface area contributed by atoms with Gasteiger partial charge in [-0.1, -0.05) is 58.0 Å². The number of rotatable bonds is 5. The second-order valence-electron chi connectivity index (χ2n) is 7.45. The van der Waals surface area contributed by atoms with E-state index >= 15 is 0 Å². The van der Waals surface area contributed by atoms with Crippen LogP contribution in [0.25, 0.3) is 0 Å². The van der Waals surface area contributed by atoms with Crippen LogP contribution >= 0.6 is 12.4 Å². The highest BCUT2D eigenvalue weighted by Crippen LogP contribution is 2.25. The molecule has 1 aromatic carbocycles. The van der Waals surface area contributed by atoms with Crippen LogP contribution < -0.4 is 11.1 Å². The molecular weight excluding hydrogens is 336 g/mol. The maximum atomic E-state index is 12.4. The van der Waals surface area contributed by atoms with Crippen LogP contribution in [0.3, 0.4) is 0 Å². The Morgan fingerprint density at radius 3 is 2.36 bits per heavy atom. The Morgan fingerprint density at radius 2 is 1.84 bits per heavy atom. The molecule has 25 heavy (non-hydrogen) atoms. The molecule has 2 unspecified atom stereocenters. The number of hydrogen-bond acceptors (Lipinski definition) is 3. The van der Waals surface area contributed by atoms with Gasteiger partial charge in [0.25, 0.3) is 0 Å². The van der Waals surface area contributed by atoms with Crippen LogP contribution in [0.2, 0.25) is 0 Å². The number of benzene rings is 1. The molecule has 0 aliphatic carbocycles. The number of carbonyl (C=O) groups excluding carboxylic acids is 1. The second-order valence-corrected chi connectivity index (χ2v) is 7.45. The number of nitrogens with one attached hydrogen (secondary N) is 1. The van der Waals surface area contributed by atoms with Crippen LogP contribution in [0.15, 0.2) is 36.4 Å². The quantitative estimate of drug-likeness (QED) is 0.851. The third kappa shape index (κ3) is 5.58. The van der Waals surface area contributed by atoms with Gasteiger partial charge in [-0.2, -0.15) is 5.10 Å². The molecule has 0 bridgehead atoms. The van der Waals surface area contributed by atoms with Crippen molar-refractivity contribution in [3.05, 3.63) is 47.7 Å². The number of nitrogens with zero attached hydrogens (tertiary/aromatic N) is 2. The zero-order chi connectivity index (χ0) is 17.9. The molecular formula is C19H29ClN4O. The lowest BCUT2D eigenvalue weighted by atomic mass is 9.92. The van der Waals surface area contributed by atoms with Gasteiger partial charge in [-0.3, -0.25) is 4.79 Å². The van der Waals surface area contributed by atoms with E-state index in [0.29, 0.717) is 12.4 Å². The molecule has 0 fully saturated rings. The minimum Gasteiger partial charge on any atom is -0.327 e. The number of anilines is 1. The molecule has 138 valence electrons. The summed E-state index contributed by atoms with van der Waals surface area (Å²) in [7, 11) is 0. The van der Waals surface area contributed by atoms with Crippen LogP contribution in [0, 0.1) is 5.92 Å². The van der Waals surface area contributed by atoms with E-state index in [4.69, 9.17) is 10.8 Å². The molecule has 2 aromatic rings. The average molecular weight is 365 g/mol. The Bertz CT molecular complexity index is 689. The molecule has 0 saturated carbocycles. The molecule has 1 heterocycles. The molecule has 6 heteroatoms. The first-order valence-electron chi connectivity index (χ1n) is 8.37. The molecule has 1 amide bonds. The summed E-state index contributed by atoms with van der Waals surface area (Å²) in [6.07, 6.45) is 0. The van der Waals surface area contributed by atoms with E-state index < -0.39 is 0 Å². The predicted molar refractivity (Wildman–Crippen MR) is 105 cm³/mol. The van der Waals surface area contributed by atoms with Gasteiger partial charge in [-0.05, 0) is 12.5 Å². The van der Waals surface area contributed by atoms with E-state index in [1.807, 2.05) is 42.8 Å². The molecule has 0 spiro atoms. The van der Waals surface area contributed by atoms with Crippen molar-refractivity contribution in [2.24, 2.45) is 11.7 Å². The fourth-order valence-electron chi connectivity index (χ4n) is 2.24. The Kier molecular flexibility index (Phi) is 7.20. The predicted octanol–water partition coefficient (Wildman–Crippen LogP) is 3.57. The van der Waals surface area contributed by atoms with Crippen molar-refractivity contribution in [1.29, 1.82) is 0 Å². The van der Waals surface area contributed by atoms with Crippen LogP contribution in [0.4, 0.5) is 5.82 Å². The SMILES string of the molecule is CC(N)C(C)C(=O)Nc1cc(C(C)(C)C)nn1Cc1ccccc1.Cl. The summed E-state index contributed by atoms with van der Waals surface area (Å²) in [5, 5.41) is 7.69. The van der Waals surface area contributed by atoms with E-state index in [1.54, 1.807) is 0 Å². The van der Waals surface area contributed by atoms with Crippen LogP contribution in [-0.4, -0.2) is 21.7 Å². The van der Waals surface area contributed by atoms with Crippen molar-refractivity contribution in [1.82, 2.24) is 9.78 Å². The summed E-state index contributed by atoms with van der Waals surface area (Å²) in [5.41, 5.74) is 7.84. The molecule has 2 atom stereocenters. The van der Waals surface area contributed by atoms with E-state index in [2.05, 4.69) is 38.2 Å². The largest absolute Gasteiger partial charge is 0.327 e. The van der Waals surface area contributed by atoms with Crippen LogP contribution in [0.5, 0.6) is 0 Å². The molecule has 0 saturated heterocycles. The molecule has 2 rings (SSSR count). The fourth-order valence-corrected chi connectivity index (χ4v) is 2.24. The maximum absolute atomic E-state index is 12.4. The van der Waals surface area contributed by atoms with Gasteiger partial charge in [0, 0.05) is 17.5 Å². The Labute approximate surface area is 156 Å². The first-order valence-corrected chi connectivity index (χ1v) is 8.37. The van der Waals surface area contributed by atoms with Crippen molar-refractivity contribution >= 4 is 24.1 Å². The first-order chi connectivity index (χ1) is 11.2. The van der Waals surface area contributed by atoms with Crippen molar-refractivity contribution in [2.75, 3.05) is 5.32 Å².